The molecule has 112 valence electrons. The minimum absolute atomic E-state index is 0.157. The monoisotopic (exact) mass is 343 g/mol. The summed E-state index contributed by atoms with van der Waals surface area (Å²) in [4.78, 5) is 13.8. The van der Waals surface area contributed by atoms with Crippen LogP contribution in [0.1, 0.15) is 0 Å². The molecule has 0 bridgehead atoms. The van der Waals surface area contributed by atoms with E-state index in [1.807, 2.05) is 19.0 Å². The van der Waals surface area contributed by atoms with Crippen LogP contribution in [-0.2, 0) is 4.79 Å². The van der Waals surface area contributed by atoms with Crippen LogP contribution >= 0.6 is 34.7 Å². The van der Waals surface area contributed by atoms with Gasteiger partial charge < -0.3 is 16.0 Å². The van der Waals surface area contributed by atoms with Gasteiger partial charge in [0.05, 0.1) is 17.1 Å². The van der Waals surface area contributed by atoms with Crippen molar-refractivity contribution in [2.45, 2.75) is 4.34 Å². The van der Waals surface area contributed by atoms with Crippen molar-refractivity contribution >= 4 is 57.1 Å². The summed E-state index contributed by atoms with van der Waals surface area (Å²) < 4.78 is 0.748. The highest BCUT2D eigenvalue weighted by Gasteiger charge is 2.10. The van der Waals surface area contributed by atoms with Crippen molar-refractivity contribution in [2.24, 2.45) is 0 Å². The van der Waals surface area contributed by atoms with Gasteiger partial charge in [-0.3, -0.25) is 4.79 Å². The van der Waals surface area contributed by atoms with Crippen LogP contribution in [-0.4, -0.2) is 36.0 Å². The van der Waals surface area contributed by atoms with Gasteiger partial charge >= 0.3 is 0 Å². The lowest BCUT2D eigenvalue weighted by molar-refractivity contribution is -0.113. The van der Waals surface area contributed by atoms with E-state index < -0.39 is 0 Å². The number of nitrogens with one attached hydrogen (secondary N) is 1. The Morgan fingerprint density at radius 1 is 1.48 bits per heavy atom. The summed E-state index contributed by atoms with van der Waals surface area (Å²) in [5.41, 5.74) is 6.77. The molecule has 6 nitrogen and oxygen atoms in total. The molecule has 0 aliphatic rings. The summed E-state index contributed by atoms with van der Waals surface area (Å²) in [7, 11) is 3.79. The summed E-state index contributed by atoms with van der Waals surface area (Å²) >= 11 is 8.58. The quantitative estimate of drug-likeness (QED) is 0.641. The third kappa shape index (κ3) is 4.48. The number of benzene rings is 1. The molecule has 1 heterocycles. The van der Waals surface area contributed by atoms with Crippen molar-refractivity contribution in [3.63, 3.8) is 0 Å². The molecule has 0 aliphatic carbocycles. The maximum absolute atomic E-state index is 11.9. The zero-order valence-electron chi connectivity index (χ0n) is 11.5. The number of carbonyl (C=O) groups is 1. The summed E-state index contributed by atoms with van der Waals surface area (Å²) in [5.74, 6) is 0.0834. The summed E-state index contributed by atoms with van der Waals surface area (Å²) in [5, 5.41) is 12.1. The van der Waals surface area contributed by atoms with E-state index in [9.17, 15) is 4.79 Å². The van der Waals surface area contributed by atoms with Crippen molar-refractivity contribution in [1.29, 1.82) is 0 Å². The van der Waals surface area contributed by atoms with Gasteiger partial charge in [0.1, 0.15) is 0 Å². The zero-order valence-corrected chi connectivity index (χ0v) is 13.8. The molecular formula is C12H14ClN5OS2. The number of hydrogen-bond donors (Lipinski definition) is 2. The van der Waals surface area contributed by atoms with Crippen LogP contribution in [0.4, 0.5) is 16.5 Å². The Morgan fingerprint density at radius 3 is 2.86 bits per heavy atom. The van der Waals surface area contributed by atoms with Gasteiger partial charge in [-0.2, -0.15) is 0 Å². The second-order valence-corrected chi connectivity index (χ2v) is 6.93. The first-order valence-corrected chi connectivity index (χ1v) is 8.12. The molecule has 0 radical (unpaired) electrons. The Labute approximate surface area is 135 Å². The van der Waals surface area contributed by atoms with Gasteiger partial charge in [-0.25, -0.2) is 0 Å². The number of nitrogen functional groups attached to an aromatic ring is 1. The van der Waals surface area contributed by atoms with Crippen LogP contribution in [0, 0.1) is 0 Å². The second kappa shape index (κ2) is 6.97. The molecule has 0 atom stereocenters. The van der Waals surface area contributed by atoms with Gasteiger partial charge in [0.2, 0.25) is 11.0 Å². The SMILES string of the molecule is CN(C)c1nnc(SCC(=O)Nc2ccc(Cl)cc2N)s1. The van der Waals surface area contributed by atoms with E-state index in [-0.39, 0.29) is 11.7 Å². The first-order chi connectivity index (χ1) is 9.95. The van der Waals surface area contributed by atoms with Gasteiger partial charge in [0.25, 0.3) is 0 Å². The highest BCUT2D eigenvalue weighted by Crippen LogP contribution is 2.27. The number of nitrogens with zero attached hydrogens (tertiary/aromatic N) is 3. The summed E-state index contributed by atoms with van der Waals surface area (Å²) in [6, 6.07) is 4.95. The average molecular weight is 344 g/mol. The summed E-state index contributed by atoms with van der Waals surface area (Å²) in [6.45, 7) is 0. The molecule has 0 aliphatic heterocycles. The fourth-order valence-corrected chi connectivity index (χ4v) is 3.15. The van der Waals surface area contributed by atoms with Crippen molar-refractivity contribution in [3.05, 3.63) is 23.2 Å². The molecular weight excluding hydrogens is 330 g/mol. The molecule has 0 saturated heterocycles. The number of thioether (sulfide) groups is 1. The van der Waals surface area contributed by atoms with E-state index in [2.05, 4.69) is 15.5 Å². The summed E-state index contributed by atoms with van der Waals surface area (Å²) in [6.07, 6.45) is 0. The Morgan fingerprint density at radius 2 is 2.24 bits per heavy atom. The van der Waals surface area contributed by atoms with E-state index in [4.69, 9.17) is 17.3 Å². The number of hydrogen-bond acceptors (Lipinski definition) is 7. The lowest BCUT2D eigenvalue weighted by Gasteiger charge is -2.07. The molecule has 0 fully saturated rings. The van der Waals surface area contributed by atoms with E-state index in [1.54, 1.807) is 18.2 Å². The van der Waals surface area contributed by atoms with E-state index in [0.717, 1.165) is 9.47 Å². The van der Waals surface area contributed by atoms with Crippen molar-refractivity contribution in [3.8, 4) is 0 Å². The van der Waals surface area contributed by atoms with Gasteiger partial charge in [-0.15, -0.1) is 10.2 Å². The minimum Gasteiger partial charge on any atom is -0.397 e. The topological polar surface area (TPSA) is 84.1 Å². The van der Waals surface area contributed by atoms with Crippen molar-refractivity contribution in [2.75, 3.05) is 35.8 Å². The lowest BCUT2D eigenvalue weighted by atomic mass is 10.2. The Hall–Kier alpha value is -1.51. The number of nitrogens with two attached hydrogens (primary N) is 1. The molecule has 1 aromatic carbocycles. The van der Waals surface area contributed by atoms with E-state index >= 15 is 0 Å². The predicted molar refractivity (Wildman–Crippen MR) is 89.5 cm³/mol. The van der Waals surface area contributed by atoms with Gasteiger partial charge in [0.15, 0.2) is 4.34 Å². The predicted octanol–water partition coefficient (Wildman–Crippen LogP) is 2.57. The van der Waals surface area contributed by atoms with Gasteiger partial charge in [-0.05, 0) is 18.2 Å². The molecule has 1 aromatic heterocycles. The fraction of sp³-hybridized carbons (Fsp3) is 0.250. The van der Waals surface area contributed by atoms with Crippen LogP contribution in [0.15, 0.2) is 22.5 Å². The standard InChI is InChI=1S/C12H14ClN5OS2/c1-18(2)11-16-17-12(21-11)20-6-10(19)15-9-4-3-7(13)5-8(9)14/h3-5H,6,14H2,1-2H3,(H,15,19). The molecule has 0 spiro atoms. The van der Waals surface area contributed by atoms with Gasteiger partial charge in [0, 0.05) is 19.1 Å². The van der Waals surface area contributed by atoms with Crippen molar-refractivity contribution in [1.82, 2.24) is 10.2 Å². The maximum Gasteiger partial charge on any atom is 0.234 e. The highest BCUT2D eigenvalue weighted by molar-refractivity contribution is 8.01. The van der Waals surface area contributed by atoms with E-state index in [0.29, 0.717) is 16.4 Å². The first kappa shape index (κ1) is 15.9. The molecule has 0 unspecified atom stereocenters. The van der Waals surface area contributed by atoms with Crippen LogP contribution in [0.25, 0.3) is 0 Å². The van der Waals surface area contributed by atoms with Crippen LogP contribution in [0.2, 0.25) is 5.02 Å². The van der Waals surface area contributed by atoms with Crippen molar-refractivity contribution < 1.29 is 4.79 Å². The molecule has 9 heteroatoms. The highest BCUT2D eigenvalue weighted by atomic mass is 35.5. The number of rotatable bonds is 5. The Bertz CT molecular complexity index is 646. The normalized spacial score (nSPS) is 10.4. The smallest absolute Gasteiger partial charge is 0.234 e. The molecule has 21 heavy (non-hydrogen) atoms. The number of aromatic nitrogens is 2. The fourth-order valence-electron chi connectivity index (χ4n) is 1.40. The molecule has 1 amide bonds. The third-order valence-electron chi connectivity index (χ3n) is 2.39. The average Bonchev–Trinajstić information content (AvgIpc) is 2.89. The number of amides is 1. The third-order valence-corrected chi connectivity index (χ3v) is 4.85. The van der Waals surface area contributed by atoms with E-state index in [1.165, 1.54) is 23.1 Å². The minimum atomic E-state index is -0.157. The number of anilines is 3. The first-order valence-electron chi connectivity index (χ1n) is 5.94. The maximum atomic E-state index is 11.9. The van der Waals surface area contributed by atoms with Crippen LogP contribution in [0.5, 0.6) is 0 Å². The Kier molecular flexibility index (Phi) is 5.27. The molecule has 2 aromatic rings. The molecule has 3 N–H and O–H groups in total. The second-order valence-electron chi connectivity index (χ2n) is 4.31. The number of halogens is 1. The molecule has 0 saturated carbocycles. The van der Waals surface area contributed by atoms with Gasteiger partial charge in [-0.1, -0.05) is 34.7 Å². The molecule has 2 rings (SSSR count). The zero-order chi connectivity index (χ0) is 15.4. The van der Waals surface area contributed by atoms with Crippen LogP contribution < -0.4 is 16.0 Å². The Balaban J connectivity index is 1.89. The largest absolute Gasteiger partial charge is 0.397 e. The number of carbonyl (C=O) groups excluding carboxylic acids is 1. The lowest BCUT2D eigenvalue weighted by Crippen LogP contribution is -2.15. The van der Waals surface area contributed by atoms with Crippen LogP contribution in [0.3, 0.4) is 0 Å².